The zero-order valence-corrected chi connectivity index (χ0v) is 14.5. The van der Waals surface area contributed by atoms with Crippen molar-refractivity contribution in [2.24, 2.45) is 0 Å². The highest BCUT2D eigenvalue weighted by molar-refractivity contribution is 5.80. The fourth-order valence-corrected chi connectivity index (χ4v) is 3.13. The molecule has 0 radical (unpaired) electrons. The van der Waals surface area contributed by atoms with Crippen molar-refractivity contribution in [3.8, 4) is 11.1 Å². The molecule has 3 heterocycles. The second-order valence-corrected chi connectivity index (χ2v) is 6.20. The molecule has 0 saturated heterocycles. The Morgan fingerprint density at radius 2 is 2.00 bits per heavy atom. The van der Waals surface area contributed by atoms with Gasteiger partial charge >= 0.3 is 0 Å². The molecule has 6 nitrogen and oxygen atoms in total. The van der Waals surface area contributed by atoms with Gasteiger partial charge in [0.05, 0.1) is 30.7 Å². The number of aromatic nitrogens is 3. The van der Waals surface area contributed by atoms with Crippen LogP contribution in [0, 0.1) is 0 Å². The van der Waals surface area contributed by atoms with E-state index in [9.17, 15) is 4.79 Å². The fraction of sp³-hybridized carbons (Fsp3) is 0.200. The van der Waals surface area contributed by atoms with Gasteiger partial charge in [-0.2, -0.15) is 5.10 Å². The maximum atomic E-state index is 11.4. The van der Waals surface area contributed by atoms with Crippen LogP contribution in [0.5, 0.6) is 0 Å². The highest BCUT2D eigenvalue weighted by Crippen LogP contribution is 2.27. The van der Waals surface area contributed by atoms with Crippen molar-refractivity contribution in [3.63, 3.8) is 0 Å². The van der Waals surface area contributed by atoms with Gasteiger partial charge in [-0.25, -0.2) is 0 Å². The molecule has 132 valence electrons. The molecular formula is C20H20N4O2. The lowest BCUT2D eigenvalue weighted by Crippen LogP contribution is -2.27. The number of aldehydes is 1. The average Bonchev–Trinajstić information content (AvgIpc) is 3.35. The monoisotopic (exact) mass is 348 g/mol. The van der Waals surface area contributed by atoms with Crippen LogP contribution in [0.25, 0.3) is 23.0 Å². The normalized spacial score (nSPS) is 15.9. The Balaban J connectivity index is 1.57. The van der Waals surface area contributed by atoms with Crippen molar-refractivity contribution in [1.82, 2.24) is 19.7 Å². The molecule has 0 aliphatic carbocycles. The number of carbonyl (C=O) groups is 1. The van der Waals surface area contributed by atoms with E-state index in [0.29, 0.717) is 6.61 Å². The van der Waals surface area contributed by atoms with Crippen LogP contribution in [0.2, 0.25) is 0 Å². The summed E-state index contributed by atoms with van der Waals surface area (Å²) in [5.74, 6) is 0. The average molecular weight is 348 g/mol. The quantitative estimate of drug-likeness (QED) is 0.696. The summed E-state index contributed by atoms with van der Waals surface area (Å²) in [7, 11) is 1.68. The van der Waals surface area contributed by atoms with E-state index >= 15 is 0 Å². The molecule has 1 unspecified atom stereocenters. The number of nitrogens with zero attached hydrogens (tertiary/aromatic N) is 3. The summed E-state index contributed by atoms with van der Waals surface area (Å²) in [6.45, 7) is 1.37. The van der Waals surface area contributed by atoms with E-state index in [2.05, 4.69) is 34.7 Å². The van der Waals surface area contributed by atoms with Crippen molar-refractivity contribution >= 4 is 18.2 Å². The summed E-state index contributed by atoms with van der Waals surface area (Å²) in [5.41, 5.74) is 5.07. The van der Waals surface area contributed by atoms with Gasteiger partial charge in [0.15, 0.2) is 0 Å². The topological polar surface area (TPSA) is 61.1 Å². The lowest BCUT2D eigenvalue weighted by atomic mass is 10.0. The molecular weight excluding hydrogens is 328 g/mol. The molecule has 1 N–H and O–H groups in total. The van der Waals surface area contributed by atoms with Gasteiger partial charge in [0.25, 0.3) is 0 Å². The third-order valence-electron chi connectivity index (χ3n) is 4.53. The van der Waals surface area contributed by atoms with Crippen LogP contribution in [0.4, 0.5) is 0 Å². The Morgan fingerprint density at radius 3 is 2.77 bits per heavy atom. The lowest BCUT2D eigenvalue weighted by Gasteiger charge is -2.23. The summed E-state index contributed by atoms with van der Waals surface area (Å²) in [4.78, 5) is 11.4. The van der Waals surface area contributed by atoms with E-state index in [1.165, 1.54) is 0 Å². The molecule has 4 rings (SSSR count). The highest BCUT2D eigenvalue weighted by Gasteiger charge is 2.20. The van der Waals surface area contributed by atoms with Gasteiger partial charge in [0.2, 0.25) is 0 Å². The maximum Gasteiger partial charge on any atom is 0.148 e. The smallest absolute Gasteiger partial charge is 0.148 e. The molecule has 0 bridgehead atoms. The van der Waals surface area contributed by atoms with Gasteiger partial charge in [0.1, 0.15) is 12.3 Å². The molecule has 2 aromatic heterocycles. The second-order valence-electron chi connectivity index (χ2n) is 6.20. The van der Waals surface area contributed by atoms with Crippen molar-refractivity contribution in [2.75, 3.05) is 13.7 Å². The number of benzene rings is 1. The van der Waals surface area contributed by atoms with E-state index in [1.807, 2.05) is 46.2 Å². The molecule has 3 aromatic rings. The summed E-state index contributed by atoms with van der Waals surface area (Å²) < 4.78 is 8.94. The predicted molar refractivity (Wildman–Crippen MR) is 100 cm³/mol. The first kappa shape index (κ1) is 16.4. The van der Waals surface area contributed by atoms with E-state index in [0.717, 1.165) is 40.9 Å². The van der Waals surface area contributed by atoms with Crippen LogP contribution >= 0.6 is 0 Å². The second kappa shape index (κ2) is 7.01. The lowest BCUT2D eigenvalue weighted by molar-refractivity contribution is -0.109. The number of hydrogen-bond acceptors (Lipinski definition) is 4. The number of nitrogens with one attached hydrogen (secondary N) is 1. The van der Waals surface area contributed by atoms with Gasteiger partial charge in [-0.3, -0.25) is 4.68 Å². The third kappa shape index (κ3) is 3.07. The number of rotatable bonds is 6. The van der Waals surface area contributed by atoms with Crippen LogP contribution in [0.3, 0.4) is 0 Å². The number of ether oxygens (including phenoxy) is 1. The van der Waals surface area contributed by atoms with E-state index in [-0.39, 0.29) is 6.04 Å². The molecule has 0 spiro atoms. The Hall–Kier alpha value is -3.12. The van der Waals surface area contributed by atoms with Crippen molar-refractivity contribution in [3.05, 3.63) is 66.2 Å². The molecule has 0 saturated carbocycles. The highest BCUT2D eigenvalue weighted by atomic mass is 16.5. The number of fused-ring (bicyclic) bond motifs is 1. The Kier molecular flexibility index (Phi) is 4.41. The van der Waals surface area contributed by atoms with Crippen LogP contribution in [0.1, 0.15) is 17.3 Å². The van der Waals surface area contributed by atoms with E-state index in [1.54, 1.807) is 7.11 Å². The van der Waals surface area contributed by atoms with Crippen LogP contribution in [-0.4, -0.2) is 34.4 Å². The summed E-state index contributed by atoms with van der Waals surface area (Å²) >= 11 is 0. The van der Waals surface area contributed by atoms with Crippen LogP contribution in [-0.2, 0) is 16.1 Å². The van der Waals surface area contributed by atoms with Crippen molar-refractivity contribution in [2.45, 2.75) is 12.6 Å². The molecule has 6 heteroatoms. The first-order chi connectivity index (χ1) is 12.8. The third-order valence-corrected chi connectivity index (χ3v) is 4.53. The molecule has 1 aliphatic heterocycles. The minimum absolute atomic E-state index is 0.330. The number of hydrogen-bond donors (Lipinski definition) is 1. The minimum atomic E-state index is -0.330. The molecule has 0 amide bonds. The SMILES string of the molecule is COCCn1cc(-c2ccc(C3=Cn4cccc4C(C=O)N3)cc2)cn1. The molecule has 1 aromatic carbocycles. The Labute approximate surface area is 151 Å². The fourth-order valence-electron chi connectivity index (χ4n) is 3.13. The maximum absolute atomic E-state index is 11.4. The summed E-state index contributed by atoms with van der Waals surface area (Å²) in [5, 5.41) is 7.64. The Morgan fingerprint density at radius 1 is 1.19 bits per heavy atom. The number of methoxy groups -OCH3 is 1. The molecule has 0 fully saturated rings. The van der Waals surface area contributed by atoms with Gasteiger partial charge in [-0.15, -0.1) is 0 Å². The van der Waals surface area contributed by atoms with E-state index in [4.69, 9.17) is 4.74 Å². The number of carbonyl (C=O) groups excluding carboxylic acids is 1. The van der Waals surface area contributed by atoms with Gasteiger partial charge < -0.3 is 19.4 Å². The summed E-state index contributed by atoms with van der Waals surface area (Å²) in [6, 6.07) is 11.8. The van der Waals surface area contributed by atoms with Crippen LogP contribution in [0.15, 0.2) is 55.0 Å². The Bertz CT molecular complexity index is 937. The van der Waals surface area contributed by atoms with Gasteiger partial charge in [-0.05, 0) is 23.3 Å². The first-order valence-corrected chi connectivity index (χ1v) is 8.51. The molecule has 26 heavy (non-hydrogen) atoms. The predicted octanol–water partition coefficient (Wildman–Crippen LogP) is 2.80. The van der Waals surface area contributed by atoms with Crippen LogP contribution < -0.4 is 5.32 Å². The van der Waals surface area contributed by atoms with Crippen molar-refractivity contribution < 1.29 is 9.53 Å². The van der Waals surface area contributed by atoms with Crippen molar-refractivity contribution in [1.29, 1.82) is 0 Å². The zero-order chi connectivity index (χ0) is 17.9. The molecule has 1 atom stereocenters. The molecule has 1 aliphatic rings. The van der Waals surface area contributed by atoms with Gasteiger partial charge in [0, 0.05) is 31.3 Å². The first-order valence-electron chi connectivity index (χ1n) is 8.51. The minimum Gasteiger partial charge on any atom is -0.383 e. The standard InChI is InChI=1S/C20H20N4O2/c1-26-10-9-24-12-17(11-21-24)15-4-6-16(7-5-15)18-13-23-8-2-3-20(23)19(14-25)22-18/h2-8,11-14,19,22H,9-10H2,1H3. The van der Waals surface area contributed by atoms with Gasteiger partial charge in [-0.1, -0.05) is 24.3 Å². The zero-order valence-electron chi connectivity index (χ0n) is 14.5. The summed E-state index contributed by atoms with van der Waals surface area (Å²) in [6.07, 6.45) is 8.77. The van der Waals surface area contributed by atoms with E-state index < -0.39 is 0 Å². The largest absolute Gasteiger partial charge is 0.383 e.